The van der Waals surface area contributed by atoms with Crippen molar-refractivity contribution in [2.75, 3.05) is 0 Å². The summed E-state index contributed by atoms with van der Waals surface area (Å²) >= 11 is 0. The number of hydrogen-bond donors (Lipinski definition) is 2. The van der Waals surface area contributed by atoms with Gasteiger partial charge in [-0.2, -0.15) is 0 Å². The van der Waals surface area contributed by atoms with Crippen molar-refractivity contribution in [1.82, 2.24) is 10.3 Å². The van der Waals surface area contributed by atoms with E-state index in [1.165, 1.54) is 11.1 Å². The van der Waals surface area contributed by atoms with E-state index >= 15 is 0 Å². The van der Waals surface area contributed by atoms with Crippen LogP contribution in [0.1, 0.15) is 55.7 Å². The molecule has 5 rings (SSSR count). The first-order chi connectivity index (χ1) is 17.6. The van der Waals surface area contributed by atoms with Gasteiger partial charge in [0.15, 0.2) is 0 Å². The number of aryl methyl sites for hydroxylation is 1. The van der Waals surface area contributed by atoms with E-state index < -0.39 is 0 Å². The zero-order valence-electron chi connectivity index (χ0n) is 21.3. The lowest BCUT2D eigenvalue weighted by molar-refractivity contribution is 0.0950. The Morgan fingerprint density at radius 2 is 1.69 bits per heavy atom. The molecule has 0 saturated heterocycles. The lowest BCUT2D eigenvalue weighted by Crippen LogP contribution is -2.51. The first-order valence-electron chi connectivity index (χ1n) is 13.2. The molecule has 1 saturated carbocycles. The Morgan fingerprint density at radius 3 is 2.39 bits per heavy atom. The van der Waals surface area contributed by atoms with Gasteiger partial charge in [-0.05, 0) is 79.3 Å². The van der Waals surface area contributed by atoms with Crippen molar-refractivity contribution in [1.29, 1.82) is 0 Å². The number of aromatic nitrogens is 1. The van der Waals surface area contributed by atoms with Gasteiger partial charge in [0, 0.05) is 29.6 Å². The van der Waals surface area contributed by atoms with Crippen molar-refractivity contribution in [3.05, 3.63) is 112 Å². The summed E-state index contributed by atoms with van der Waals surface area (Å²) in [5.74, 6) is 0.888. The van der Waals surface area contributed by atoms with Crippen LogP contribution in [0.15, 0.2) is 89.9 Å². The molecule has 1 aromatic heterocycles. The highest BCUT2D eigenvalue weighted by Gasteiger charge is 2.43. The summed E-state index contributed by atoms with van der Waals surface area (Å²) in [4.78, 5) is 14.9. The Hall–Kier alpha value is -3.37. The maximum atomic E-state index is 12.2. The monoisotopic (exact) mass is 480 g/mol. The molecule has 0 unspecified atom stereocenters. The van der Waals surface area contributed by atoms with E-state index in [-0.39, 0.29) is 17.1 Å². The number of H-pyrrole nitrogens is 1. The summed E-state index contributed by atoms with van der Waals surface area (Å²) in [6, 6.07) is 28.0. The topological polar surface area (TPSA) is 54.1 Å². The Morgan fingerprint density at radius 1 is 1.00 bits per heavy atom. The third kappa shape index (κ3) is 4.96. The highest BCUT2D eigenvalue weighted by molar-refractivity contribution is 5.83. The Bertz CT molecular complexity index is 1340. The third-order valence-electron chi connectivity index (χ3n) is 8.01. The van der Waals surface area contributed by atoms with Crippen LogP contribution in [0, 0.1) is 6.92 Å². The van der Waals surface area contributed by atoms with Gasteiger partial charge in [-0.25, -0.2) is 0 Å². The van der Waals surface area contributed by atoms with Gasteiger partial charge in [0.05, 0.1) is 6.10 Å². The second kappa shape index (κ2) is 10.7. The smallest absolute Gasteiger partial charge is 0.255 e. The van der Waals surface area contributed by atoms with Crippen LogP contribution in [0.3, 0.4) is 0 Å². The fraction of sp³-hybridized carbons (Fsp3) is 0.344. The van der Waals surface area contributed by atoms with E-state index in [2.05, 4.69) is 77.9 Å². The molecule has 4 heteroatoms. The van der Waals surface area contributed by atoms with E-state index in [0.717, 1.165) is 55.3 Å². The molecular formula is C32H36N2O2. The molecular weight excluding hydrogens is 444 g/mol. The largest absolute Gasteiger partial charge is 0.490 e. The minimum atomic E-state index is -0.0546. The number of nitrogens with one attached hydrogen (secondary N) is 2. The molecule has 1 fully saturated rings. The first-order valence-corrected chi connectivity index (χ1v) is 13.2. The molecule has 0 bridgehead atoms. The van der Waals surface area contributed by atoms with E-state index in [1.807, 2.05) is 25.1 Å². The zero-order valence-corrected chi connectivity index (χ0v) is 21.3. The molecule has 3 aromatic carbocycles. The van der Waals surface area contributed by atoms with E-state index in [4.69, 9.17) is 4.74 Å². The summed E-state index contributed by atoms with van der Waals surface area (Å²) in [6.45, 7) is 5.21. The molecule has 1 heterocycles. The second-order valence-electron chi connectivity index (χ2n) is 10.2. The minimum Gasteiger partial charge on any atom is -0.490 e. The molecule has 4 aromatic rings. The normalized spacial score (nSPS) is 20.8. The van der Waals surface area contributed by atoms with Crippen LogP contribution < -0.4 is 15.6 Å². The molecule has 0 amide bonds. The molecule has 1 aliphatic carbocycles. The standard InChI is InChI=1S/C32H36N2O2/c1-3-30(34-22-24-10-6-4-7-11-24)32(26-12-8-5-9-13-26)17-14-27(15-18-32)36-29-21-25-16-19-33-31(35)28(25)20-23(29)2/h4-13,16,19-21,27,30,34H,3,14-15,17-18,22H2,1-2H3,(H,33,35)/t27?,30-,32?/m1/s1. The molecule has 186 valence electrons. The third-order valence-corrected chi connectivity index (χ3v) is 8.01. The minimum absolute atomic E-state index is 0.0546. The summed E-state index contributed by atoms with van der Waals surface area (Å²) < 4.78 is 6.57. The highest BCUT2D eigenvalue weighted by atomic mass is 16.5. The van der Waals surface area contributed by atoms with Gasteiger partial charge < -0.3 is 15.0 Å². The molecule has 36 heavy (non-hydrogen) atoms. The summed E-state index contributed by atoms with van der Waals surface area (Å²) in [5, 5.41) is 5.55. The predicted octanol–water partition coefficient (Wildman–Crippen LogP) is 6.66. The van der Waals surface area contributed by atoms with Crippen molar-refractivity contribution < 1.29 is 4.74 Å². The summed E-state index contributed by atoms with van der Waals surface area (Å²) in [6.07, 6.45) is 7.11. The number of rotatable bonds is 8. The average Bonchev–Trinajstić information content (AvgIpc) is 2.92. The van der Waals surface area contributed by atoms with Crippen LogP contribution in [-0.2, 0) is 12.0 Å². The van der Waals surface area contributed by atoms with Gasteiger partial charge in [-0.1, -0.05) is 67.6 Å². The Balaban J connectivity index is 1.35. The van der Waals surface area contributed by atoms with Gasteiger partial charge in [-0.3, -0.25) is 4.79 Å². The van der Waals surface area contributed by atoms with Crippen LogP contribution in [0.25, 0.3) is 10.8 Å². The molecule has 1 atom stereocenters. The number of aromatic amines is 1. The fourth-order valence-corrected chi connectivity index (χ4v) is 6.03. The molecule has 4 nitrogen and oxygen atoms in total. The first kappa shape index (κ1) is 24.3. The van der Waals surface area contributed by atoms with Gasteiger partial charge in [0.25, 0.3) is 5.56 Å². The lowest BCUT2D eigenvalue weighted by atomic mass is 9.63. The SMILES string of the molecule is CC[C@@H](NCc1ccccc1)C1(c2ccccc2)CCC(Oc2cc3cc[nH]c(=O)c3cc2C)CC1. The quantitative estimate of drug-likeness (QED) is 0.296. The highest BCUT2D eigenvalue weighted by Crippen LogP contribution is 2.44. The number of hydrogen-bond acceptors (Lipinski definition) is 3. The van der Waals surface area contributed by atoms with E-state index in [1.54, 1.807) is 6.20 Å². The van der Waals surface area contributed by atoms with Crippen LogP contribution >= 0.6 is 0 Å². The Labute approximate surface area is 213 Å². The van der Waals surface area contributed by atoms with Gasteiger partial charge >= 0.3 is 0 Å². The van der Waals surface area contributed by atoms with E-state index in [9.17, 15) is 4.79 Å². The maximum Gasteiger partial charge on any atom is 0.255 e. The van der Waals surface area contributed by atoms with Crippen molar-refractivity contribution >= 4 is 10.8 Å². The van der Waals surface area contributed by atoms with Crippen LogP contribution in [0.5, 0.6) is 5.75 Å². The van der Waals surface area contributed by atoms with Gasteiger partial charge in [-0.15, -0.1) is 0 Å². The number of fused-ring (bicyclic) bond motifs is 1. The molecule has 2 N–H and O–H groups in total. The van der Waals surface area contributed by atoms with Crippen LogP contribution in [-0.4, -0.2) is 17.1 Å². The van der Waals surface area contributed by atoms with Gasteiger partial charge in [0.2, 0.25) is 0 Å². The summed E-state index contributed by atoms with van der Waals surface area (Å²) in [5.41, 5.74) is 3.78. The molecule has 0 spiro atoms. The lowest BCUT2D eigenvalue weighted by Gasteiger charge is -2.46. The van der Waals surface area contributed by atoms with Crippen molar-refractivity contribution in [2.24, 2.45) is 0 Å². The molecule has 0 aliphatic heterocycles. The molecule has 0 radical (unpaired) electrons. The second-order valence-corrected chi connectivity index (χ2v) is 10.2. The van der Waals surface area contributed by atoms with Crippen molar-refractivity contribution in [3.8, 4) is 5.75 Å². The van der Waals surface area contributed by atoms with Crippen LogP contribution in [0.4, 0.5) is 0 Å². The Kier molecular flexibility index (Phi) is 7.24. The zero-order chi connectivity index (χ0) is 25.0. The van der Waals surface area contributed by atoms with Gasteiger partial charge in [0.1, 0.15) is 5.75 Å². The number of benzene rings is 3. The average molecular weight is 481 g/mol. The molecule has 1 aliphatic rings. The number of ether oxygens (including phenoxy) is 1. The van der Waals surface area contributed by atoms with E-state index in [0.29, 0.717) is 11.4 Å². The number of pyridine rings is 1. The fourth-order valence-electron chi connectivity index (χ4n) is 6.03. The maximum absolute atomic E-state index is 12.2. The van der Waals surface area contributed by atoms with Crippen LogP contribution in [0.2, 0.25) is 0 Å². The predicted molar refractivity (Wildman–Crippen MR) is 148 cm³/mol. The van der Waals surface area contributed by atoms with Crippen molar-refractivity contribution in [2.45, 2.75) is 70.1 Å². The summed E-state index contributed by atoms with van der Waals surface area (Å²) in [7, 11) is 0. The van der Waals surface area contributed by atoms with Crippen molar-refractivity contribution in [3.63, 3.8) is 0 Å².